The Balaban J connectivity index is 2.28. The monoisotopic (exact) mass is 221 g/mol. The van der Waals surface area contributed by atoms with Gasteiger partial charge in [0.25, 0.3) is 11.8 Å². The minimum absolute atomic E-state index is 0.257. The number of carbonyl (C=O) groups excluding carboxylic acids is 2. The van der Waals surface area contributed by atoms with Gasteiger partial charge in [-0.25, -0.2) is 0 Å². The highest BCUT2D eigenvalue weighted by Gasteiger charge is 2.37. The van der Waals surface area contributed by atoms with Crippen LogP contribution < -0.4 is 0 Å². The Bertz CT molecular complexity index is 408. The van der Waals surface area contributed by atoms with Crippen LogP contribution in [-0.2, 0) is 4.84 Å². The van der Waals surface area contributed by atoms with Crippen molar-refractivity contribution in [3.8, 4) is 0 Å². The fourth-order valence-electron chi connectivity index (χ4n) is 1.48. The number of rotatable bonds is 3. The van der Waals surface area contributed by atoms with Crippen LogP contribution in [0.1, 0.15) is 27.6 Å². The second-order valence-electron chi connectivity index (χ2n) is 3.55. The number of nitrogens with zero attached hydrogens (tertiary/aromatic N) is 1. The smallest absolute Gasteiger partial charge is 0.285 e. The first kappa shape index (κ1) is 10.8. The Kier molecular flexibility index (Phi) is 2.72. The Labute approximate surface area is 92.2 Å². The second-order valence-corrected chi connectivity index (χ2v) is 3.55. The number of imide groups is 1. The Morgan fingerprint density at radius 3 is 2.19 bits per heavy atom. The average Bonchev–Trinajstić information content (AvgIpc) is 2.55. The lowest BCUT2D eigenvalue weighted by Gasteiger charge is -2.17. The summed E-state index contributed by atoms with van der Waals surface area (Å²) in [5.74, 6) is -0.971. The van der Waals surface area contributed by atoms with Crippen molar-refractivity contribution in [1.82, 2.24) is 5.06 Å². The molecule has 84 valence electrons. The maximum absolute atomic E-state index is 11.8. The van der Waals surface area contributed by atoms with Gasteiger partial charge in [-0.2, -0.15) is 0 Å². The number of benzene rings is 1. The molecule has 1 heterocycles. The zero-order valence-corrected chi connectivity index (χ0v) is 8.71. The van der Waals surface area contributed by atoms with E-state index in [1.54, 1.807) is 31.2 Å². The molecule has 0 saturated carbocycles. The van der Waals surface area contributed by atoms with E-state index >= 15 is 0 Å². The summed E-state index contributed by atoms with van der Waals surface area (Å²) in [5.41, 5.74) is 0.662. The van der Waals surface area contributed by atoms with Crippen LogP contribution in [0.2, 0.25) is 0 Å². The summed E-state index contributed by atoms with van der Waals surface area (Å²) < 4.78 is 0. The largest absolute Gasteiger partial charge is 0.394 e. The van der Waals surface area contributed by atoms with E-state index < -0.39 is 17.9 Å². The van der Waals surface area contributed by atoms with Crippen LogP contribution in [-0.4, -0.2) is 34.7 Å². The van der Waals surface area contributed by atoms with Crippen molar-refractivity contribution < 1.29 is 19.5 Å². The highest BCUT2D eigenvalue weighted by Crippen LogP contribution is 2.23. The zero-order valence-electron chi connectivity index (χ0n) is 8.71. The standard InChI is InChI=1S/C11H11NO4/c1-7(6-13)16-12-10(14)8-4-2-3-5-9(8)11(12)15/h2-5,7,13H,6H2,1H3. The van der Waals surface area contributed by atoms with Gasteiger partial charge in [0.05, 0.1) is 17.7 Å². The van der Waals surface area contributed by atoms with Crippen LogP contribution >= 0.6 is 0 Å². The molecule has 1 unspecified atom stereocenters. The quantitative estimate of drug-likeness (QED) is 0.759. The van der Waals surface area contributed by atoms with E-state index in [1.165, 1.54) is 0 Å². The topological polar surface area (TPSA) is 66.8 Å². The second kappa shape index (κ2) is 4.03. The maximum atomic E-state index is 11.8. The first-order chi connectivity index (χ1) is 7.65. The molecular weight excluding hydrogens is 210 g/mol. The third-order valence-electron chi connectivity index (χ3n) is 2.30. The van der Waals surface area contributed by atoms with Gasteiger partial charge in [0.1, 0.15) is 6.10 Å². The third kappa shape index (κ3) is 1.60. The predicted octanol–water partition coefficient (Wildman–Crippen LogP) is 0.595. The molecule has 5 heteroatoms. The molecule has 1 aromatic carbocycles. The summed E-state index contributed by atoms with van der Waals surface area (Å²) in [6.07, 6.45) is -0.595. The lowest BCUT2D eigenvalue weighted by atomic mass is 10.1. The van der Waals surface area contributed by atoms with Crippen molar-refractivity contribution in [2.45, 2.75) is 13.0 Å². The van der Waals surface area contributed by atoms with Crippen molar-refractivity contribution in [3.63, 3.8) is 0 Å². The number of amides is 2. The summed E-state index contributed by atoms with van der Waals surface area (Å²) >= 11 is 0. The summed E-state index contributed by atoms with van der Waals surface area (Å²) in [7, 11) is 0. The molecule has 5 nitrogen and oxygen atoms in total. The minimum Gasteiger partial charge on any atom is -0.394 e. The molecule has 2 rings (SSSR count). The molecule has 0 fully saturated rings. The van der Waals surface area contributed by atoms with Gasteiger partial charge in [-0.05, 0) is 19.1 Å². The summed E-state index contributed by atoms with van der Waals surface area (Å²) in [6.45, 7) is 1.32. The van der Waals surface area contributed by atoms with E-state index in [4.69, 9.17) is 9.94 Å². The van der Waals surface area contributed by atoms with Gasteiger partial charge in [-0.3, -0.25) is 14.4 Å². The molecule has 0 spiro atoms. The highest BCUT2D eigenvalue weighted by atomic mass is 16.7. The first-order valence-corrected chi connectivity index (χ1v) is 4.90. The molecule has 2 amide bonds. The fraction of sp³-hybridized carbons (Fsp3) is 0.273. The van der Waals surface area contributed by atoms with E-state index in [9.17, 15) is 9.59 Å². The van der Waals surface area contributed by atoms with Crippen molar-refractivity contribution in [3.05, 3.63) is 35.4 Å². The first-order valence-electron chi connectivity index (χ1n) is 4.90. The summed E-state index contributed by atoms with van der Waals surface area (Å²) in [5, 5.41) is 9.51. The molecule has 1 atom stereocenters. The van der Waals surface area contributed by atoms with E-state index in [-0.39, 0.29) is 6.61 Å². The molecule has 0 aromatic heterocycles. The fourth-order valence-corrected chi connectivity index (χ4v) is 1.48. The van der Waals surface area contributed by atoms with Crippen molar-refractivity contribution in [1.29, 1.82) is 0 Å². The van der Waals surface area contributed by atoms with Crippen LogP contribution in [0.15, 0.2) is 24.3 Å². The van der Waals surface area contributed by atoms with E-state index in [0.717, 1.165) is 0 Å². The van der Waals surface area contributed by atoms with Gasteiger partial charge in [-0.1, -0.05) is 12.1 Å². The zero-order chi connectivity index (χ0) is 11.7. The predicted molar refractivity (Wildman–Crippen MR) is 54.6 cm³/mol. The van der Waals surface area contributed by atoms with Crippen molar-refractivity contribution >= 4 is 11.8 Å². The highest BCUT2D eigenvalue weighted by molar-refractivity contribution is 6.20. The molecule has 1 aliphatic heterocycles. The molecule has 16 heavy (non-hydrogen) atoms. The van der Waals surface area contributed by atoms with Crippen molar-refractivity contribution in [2.24, 2.45) is 0 Å². The van der Waals surface area contributed by atoms with Gasteiger partial charge < -0.3 is 5.11 Å². The van der Waals surface area contributed by atoms with Gasteiger partial charge in [0.15, 0.2) is 0 Å². The van der Waals surface area contributed by atoms with E-state index in [1.807, 2.05) is 0 Å². The van der Waals surface area contributed by atoms with Gasteiger partial charge in [-0.15, -0.1) is 5.06 Å². The molecule has 0 aliphatic carbocycles. The number of hydroxylamine groups is 2. The van der Waals surface area contributed by atoms with E-state index in [2.05, 4.69) is 0 Å². The molecule has 1 N–H and O–H groups in total. The summed E-state index contributed by atoms with van der Waals surface area (Å²) in [4.78, 5) is 28.6. The average molecular weight is 221 g/mol. The van der Waals surface area contributed by atoms with Crippen LogP contribution in [0, 0.1) is 0 Å². The Morgan fingerprint density at radius 2 is 1.75 bits per heavy atom. The molecule has 0 radical (unpaired) electrons. The number of aliphatic hydroxyl groups is 1. The van der Waals surface area contributed by atoms with Gasteiger partial charge >= 0.3 is 0 Å². The number of carbonyl (C=O) groups is 2. The molecule has 0 bridgehead atoms. The number of hydrogen-bond donors (Lipinski definition) is 1. The lowest BCUT2D eigenvalue weighted by molar-refractivity contribution is -0.137. The molecule has 0 saturated heterocycles. The lowest BCUT2D eigenvalue weighted by Crippen LogP contribution is -2.34. The summed E-state index contributed by atoms with van der Waals surface area (Å²) in [6, 6.07) is 6.51. The molecule has 1 aromatic rings. The van der Waals surface area contributed by atoms with Crippen LogP contribution in [0.3, 0.4) is 0 Å². The normalized spacial score (nSPS) is 16.5. The van der Waals surface area contributed by atoms with Gasteiger partial charge in [0, 0.05) is 0 Å². The molecular formula is C11H11NO4. The number of aliphatic hydroxyl groups excluding tert-OH is 1. The minimum atomic E-state index is -0.595. The third-order valence-corrected chi connectivity index (χ3v) is 2.30. The number of fused-ring (bicyclic) bond motifs is 1. The number of hydrogen-bond acceptors (Lipinski definition) is 4. The van der Waals surface area contributed by atoms with Gasteiger partial charge in [0.2, 0.25) is 0 Å². The van der Waals surface area contributed by atoms with Crippen molar-refractivity contribution in [2.75, 3.05) is 6.61 Å². The van der Waals surface area contributed by atoms with Crippen LogP contribution in [0.4, 0.5) is 0 Å². The van der Waals surface area contributed by atoms with Crippen LogP contribution in [0.5, 0.6) is 0 Å². The molecule has 1 aliphatic rings. The van der Waals surface area contributed by atoms with Crippen LogP contribution in [0.25, 0.3) is 0 Å². The SMILES string of the molecule is CC(CO)ON1C(=O)c2ccccc2C1=O. The Morgan fingerprint density at radius 1 is 1.25 bits per heavy atom. The Hall–Kier alpha value is -1.72. The maximum Gasteiger partial charge on any atom is 0.285 e. The van der Waals surface area contributed by atoms with E-state index in [0.29, 0.717) is 16.2 Å².